The van der Waals surface area contributed by atoms with E-state index in [0.717, 1.165) is 37.3 Å². The van der Waals surface area contributed by atoms with Crippen LogP contribution in [0.4, 0.5) is 26.5 Å². The van der Waals surface area contributed by atoms with Crippen molar-refractivity contribution in [1.82, 2.24) is 20.6 Å². The number of hydrogen-bond acceptors (Lipinski definition) is 7. The van der Waals surface area contributed by atoms with Crippen molar-refractivity contribution in [1.29, 1.82) is 0 Å². The van der Waals surface area contributed by atoms with Crippen LogP contribution in [0.25, 0.3) is 0 Å². The van der Waals surface area contributed by atoms with E-state index in [4.69, 9.17) is 0 Å². The monoisotopic (exact) mass is 591 g/mol. The molecule has 0 spiro atoms. The van der Waals surface area contributed by atoms with Crippen molar-refractivity contribution in [2.24, 2.45) is 0 Å². The van der Waals surface area contributed by atoms with Gasteiger partial charge in [-0.2, -0.15) is 5.21 Å². The normalized spacial score (nSPS) is 13.9. The number of nitrogens with one attached hydrogen (secondary N) is 3. The summed E-state index contributed by atoms with van der Waals surface area (Å²) in [4.78, 5) is 27.4. The van der Waals surface area contributed by atoms with Gasteiger partial charge >= 0.3 is 6.03 Å². The quantitative estimate of drug-likeness (QED) is 0.236. The van der Waals surface area contributed by atoms with E-state index < -0.39 is 27.6 Å². The Morgan fingerprint density at radius 2 is 1.69 bits per heavy atom. The molecule has 218 valence electrons. The standard InChI is InChI=1S/C29H30FN7O4S/c1-42(40,41)24-15-16-25(30)26(17-24)31-29(39)37(23-13-11-21(12-14-23)20-5-3-2-4-6-20)18-19-7-9-22(10-8-19)27(38)32-28-33-35-36-34-28/h7-17,20H,2-6,18H2,1H3,(H,31,39)(H2,32,33,34,35,36,38). The van der Waals surface area contributed by atoms with Crippen molar-refractivity contribution in [3.8, 4) is 0 Å². The molecule has 3 N–H and O–H groups in total. The lowest BCUT2D eigenvalue weighted by Gasteiger charge is -2.26. The van der Waals surface area contributed by atoms with Gasteiger partial charge in [0.1, 0.15) is 5.82 Å². The maximum atomic E-state index is 14.6. The number of amides is 3. The van der Waals surface area contributed by atoms with Gasteiger partial charge in [-0.3, -0.25) is 15.0 Å². The number of halogens is 1. The minimum atomic E-state index is -3.62. The lowest BCUT2D eigenvalue weighted by Crippen LogP contribution is -2.35. The number of carbonyl (C=O) groups is 2. The summed E-state index contributed by atoms with van der Waals surface area (Å²) in [5, 5.41) is 18.1. The Morgan fingerprint density at radius 3 is 2.33 bits per heavy atom. The number of benzene rings is 3. The highest BCUT2D eigenvalue weighted by Crippen LogP contribution is 2.34. The molecule has 0 unspecified atom stereocenters. The molecule has 0 bridgehead atoms. The lowest BCUT2D eigenvalue weighted by molar-refractivity contribution is 0.102. The van der Waals surface area contributed by atoms with Gasteiger partial charge in [0, 0.05) is 17.5 Å². The second-order valence-corrected chi connectivity index (χ2v) is 12.3. The predicted octanol–water partition coefficient (Wildman–Crippen LogP) is 5.28. The molecule has 42 heavy (non-hydrogen) atoms. The highest BCUT2D eigenvalue weighted by atomic mass is 32.2. The molecule has 1 heterocycles. The second kappa shape index (κ2) is 12.5. The first kappa shape index (κ1) is 28.9. The summed E-state index contributed by atoms with van der Waals surface area (Å²) in [5.41, 5.74) is 2.58. The van der Waals surface area contributed by atoms with Gasteiger partial charge in [-0.05, 0) is 77.6 Å². The zero-order valence-corrected chi connectivity index (χ0v) is 23.7. The van der Waals surface area contributed by atoms with E-state index in [0.29, 0.717) is 22.7 Å². The van der Waals surface area contributed by atoms with Crippen molar-refractivity contribution in [2.75, 3.05) is 21.8 Å². The van der Waals surface area contributed by atoms with Crippen LogP contribution in [0, 0.1) is 5.82 Å². The van der Waals surface area contributed by atoms with Crippen LogP contribution < -0.4 is 15.5 Å². The van der Waals surface area contributed by atoms with E-state index >= 15 is 0 Å². The molecule has 1 fully saturated rings. The first-order chi connectivity index (χ1) is 20.2. The van der Waals surface area contributed by atoms with Gasteiger partial charge in [0.15, 0.2) is 9.84 Å². The summed E-state index contributed by atoms with van der Waals surface area (Å²) in [5.74, 6) is -0.679. The zero-order chi connectivity index (χ0) is 29.7. The third-order valence-corrected chi connectivity index (χ3v) is 8.37. The number of nitrogens with zero attached hydrogens (tertiary/aromatic N) is 4. The number of hydrogen-bond donors (Lipinski definition) is 3. The molecule has 11 nitrogen and oxygen atoms in total. The Balaban J connectivity index is 1.39. The molecular weight excluding hydrogens is 561 g/mol. The Bertz CT molecular complexity index is 1660. The molecule has 0 aliphatic heterocycles. The highest BCUT2D eigenvalue weighted by molar-refractivity contribution is 7.90. The maximum Gasteiger partial charge on any atom is 0.326 e. The third kappa shape index (κ3) is 6.97. The summed E-state index contributed by atoms with van der Waals surface area (Å²) >= 11 is 0. The van der Waals surface area contributed by atoms with Crippen LogP contribution in [0.3, 0.4) is 0 Å². The molecule has 1 aliphatic rings. The molecule has 0 saturated heterocycles. The van der Waals surface area contributed by atoms with Crippen LogP contribution in [0.5, 0.6) is 0 Å². The van der Waals surface area contributed by atoms with E-state index in [-0.39, 0.29) is 23.1 Å². The largest absolute Gasteiger partial charge is 0.326 e. The number of tetrazole rings is 1. The van der Waals surface area contributed by atoms with Crippen molar-refractivity contribution < 1.29 is 22.4 Å². The number of aromatic amines is 1. The van der Waals surface area contributed by atoms with Gasteiger partial charge in [-0.15, -0.1) is 5.10 Å². The fraction of sp³-hybridized carbons (Fsp3) is 0.276. The number of anilines is 3. The molecule has 1 saturated carbocycles. The number of rotatable bonds is 8. The summed E-state index contributed by atoms with van der Waals surface area (Å²) in [6.45, 7) is 0.0920. The third-order valence-electron chi connectivity index (χ3n) is 7.26. The molecule has 13 heteroatoms. The number of H-pyrrole nitrogens is 1. The minimum Gasteiger partial charge on any atom is -0.305 e. The van der Waals surface area contributed by atoms with E-state index in [1.807, 2.05) is 24.3 Å². The first-order valence-corrected chi connectivity index (χ1v) is 15.4. The van der Waals surface area contributed by atoms with Gasteiger partial charge in [0.25, 0.3) is 11.9 Å². The van der Waals surface area contributed by atoms with E-state index in [1.165, 1.54) is 29.7 Å². The highest BCUT2D eigenvalue weighted by Gasteiger charge is 2.21. The Morgan fingerprint density at radius 1 is 0.976 bits per heavy atom. The van der Waals surface area contributed by atoms with Gasteiger partial charge in [0.2, 0.25) is 0 Å². The average molecular weight is 592 g/mol. The maximum absolute atomic E-state index is 14.6. The van der Waals surface area contributed by atoms with Crippen LogP contribution in [0.15, 0.2) is 71.6 Å². The molecule has 1 aliphatic carbocycles. The van der Waals surface area contributed by atoms with Crippen LogP contribution in [-0.2, 0) is 16.4 Å². The Hall–Kier alpha value is -4.65. The smallest absolute Gasteiger partial charge is 0.305 e. The molecule has 5 rings (SSSR count). The van der Waals surface area contributed by atoms with Gasteiger partial charge in [-0.25, -0.2) is 17.6 Å². The van der Waals surface area contributed by atoms with Crippen LogP contribution >= 0.6 is 0 Å². The van der Waals surface area contributed by atoms with Crippen LogP contribution in [0.1, 0.15) is 59.5 Å². The second-order valence-electron chi connectivity index (χ2n) is 10.2. The molecule has 3 amide bonds. The van der Waals surface area contributed by atoms with E-state index in [9.17, 15) is 22.4 Å². The zero-order valence-electron chi connectivity index (χ0n) is 22.9. The number of urea groups is 1. The number of sulfone groups is 1. The number of aromatic nitrogens is 4. The molecule has 1 aromatic heterocycles. The van der Waals surface area contributed by atoms with Crippen molar-refractivity contribution in [3.63, 3.8) is 0 Å². The minimum absolute atomic E-state index is 0.0378. The van der Waals surface area contributed by atoms with Crippen molar-refractivity contribution in [3.05, 3.63) is 89.2 Å². The van der Waals surface area contributed by atoms with E-state index in [2.05, 4.69) is 31.3 Å². The molecule has 4 aromatic rings. The average Bonchev–Trinajstić information content (AvgIpc) is 3.50. The summed E-state index contributed by atoms with van der Waals surface area (Å²) < 4.78 is 38.7. The van der Waals surface area contributed by atoms with Crippen molar-refractivity contribution in [2.45, 2.75) is 49.5 Å². The fourth-order valence-electron chi connectivity index (χ4n) is 4.99. The van der Waals surface area contributed by atoms with Crippen molar-refractivity contribution >= 4 is 39.1 Å². The Labute approximate surface area is 242 Å². The molecule has 0 atom stereocenters. The summed E-state index contributed by atoms with van der Waals surface area (Å²) in [6.07, 6.45) is 6.91. The fourth-order valence-corrected chi connectivity index (χ4v) is 5.64. The first-order valence-electron chi connectivity index (χ1n) is 13.5. The molecular formula is C29H30FN7O4S. The molecule has 0 radical (unpaired) electrons. The predicted molar refractivity (Wildman–Crippen MR) is 156 cm³/mol. The summed E-state index contributed by atoms with van der Waals surface area (Å²) in [6, 6.07) is 17.0. The lowest BCUT2D eigenvalue weighted by atomic mass is 9.84. The SMILES string of the molecule is CS(=O)(=O)c1ccc(F)c(NC(=O)N(Cc2ccc(C(=O)Nc3nn[nH]n3)cc2)c2ccc(C3CCCCC3)cc2)c1. The van der Waals surface area contributed by atoms with Gasteiger partial charge in [0.05, 0.1) is 17.1 Å². The topological polar surface area (TPSA) is 150 Å². The number of carbonyl (C=O) groups excluding carboxylic acids is 2. The van der Waals surface area contributed by atoms with Crippen LogP contribution in [0.2, 0.25) is 0 Å². The Kier molecular flexibility index (Phi) is 8.57. The van der Waals surface area contributed by atoms with Gasteiger partial charge in [-0.1, -0.05) is 48.6 Å². The molecule has 3 aromatic carbocycles. The van der Waals surface area contributed by atoms with E-state index in [1.54, 1.807) is 24.3 Å². The van der Waals surface area contributed by atoms with Gasteiger partial charge < -0.3 is 5.32 Å². The van der Waals surface area contributed by atoms with Crippen LogP contribution in [-0.4, -0.2) is 47.2 Å². The summed E-state index contributed by atoms with van der Waals surface area (Å²) in [7, 11) is -3.62.